The molecule has 4 nitrogen and oxygen atoms in total. The van der Waals surface area contributed by atoms with Gasteiger partial charge in [-0.2, -0.15) is 0 Å². The number of rotatable bonds is 4. The lowest BCUT2D eigenvalue weighted by atomic mass is 9.78. The molecule has 0 radical (unpaired) electrons. The number of nitrogens with two attached hydrogens (primary N) is 1. The Bertz CT molecular complexity index is 384. The Kier molecular flexibility index (Phi) is 3.25. The standard InChI is InChI=1S/C11H17N3OS/c1-11(4-2-5-11)14-10(15)8-7-16-9(13-8)3-6-12/h7H,2-6,12H2,1H3,(H,14,15). The molecule has 1 aromatic heterocycles. The van der Waals surface area contributed by atoms with Crippen LogP contribution in [-0.4, -0.2) is 23.0 Å². The van der Waals surface area contributed by atoms with Crippen LogP contribution in [0.15, 0.2) is 5.38 Å². The average Bonchev–Trinajstić information content (AvgIpc) is 2.64. The maximum atomic E-state index is 11.9. The second kappa shape index (κ2) is 4.51. The molecule has 0 aromatic carbocycles. The number of carbonyl (C=O) groups excluding carboxylic acids is 1. The van der Waals surface area contributed by atoms with Gasteiger partial charge in [0.15, 0.2) is 0 Å². The van der Waals surface area contributed by atoms with Crippen LogP contribution in [0.25, 0.3) is 0 Å². The minimum Gasteiger partial charge on any atom is -0.346 e. The van der Waals surface area contributed by atoms with Crippen molar-refractivity contribution < 1.29 is 4.79 Å². The van der Waals surface area contributed by atoms with Crippen molar-refractivity contribution in [2.75, 3.05) is 6.54 Å². The summed E-state index contributed by atoms with van der Waals surface area (Å²) in [6.45, 7) is 2.66. The van der Waals surface area contributed by atoms with E-state index in [2.05, 4.69) is 17.2 Å². The van der Waals surface area contributed by atoms with Gasteiger partial charge in [0.2, 0.25) is 0 Å². The van der Waals surface area contributed by atoms with Crippen molar-refractivity contribution in [1.82, 2.24) is 10.3 Å². The van der Waals surface area contributed by atoms with E-state index in [0.717, 1.165) is 24.3 Å². The minimum atomic E-state index is -0.0540. The Morgan fingerprint density at radius 1 is 1.69 bits per heavy atom. The lowest BCUT2D eigenvalue weighted by Gasteiger charge is -2.38. The van der Waals surface area contributed by atoms with Gasteiger partial charge in [-0.25, -0.2) is 4.98 Å². The first-order chi connectivity index (χ1) is 7.63. The van der Waals surface area contributed by atoms with E-state index in [0.29, 0.717) is 12.2 Å². The van der Waals surface area contributed by atoms with Crippen molar-refractivity contribution in [3.05, 3.63) is 16.1 Å². The zero-order chi connectivity index (χ0) is 11.6. The molecule has 1 saturated carbocycles. The van der Waals surface area contributed by atoms with Crippen LogP contribution in [0.5, 0.6) is 0 Å². The second-order valence-corrected chi connectivity index (χ2v) is 5.48. The third-order valence-corrected chi connectivity index (χ3v) is 3.92. The summed E-state index contributed by atoms with van der Waals surface area (Å²) < 4.78 is 0. The van der Waals surface area contributed by atoms with E-state index in [1.165, 1.54) is 17.8 Å². The van der Waals surface area contributed by atoms with E-state index < -0.39 is 0 Å². The van der Waals surface area contributed by atoms with Crippen LogP contribution in [0, 0.1) is 0 Å². The second-order valence-electron chi connectivity index (χ2n) is 4.53. The van der Waals surface area contributed by atoms with Gasteiger partial charge in [-0.1, -0.05) is 0 Å². The lowest BCUT2D eigenvalue weighted by Crippen LogP contribution is -2.51. The van der Waals surface area contributed by atoms with Gasteiger partial charge in [0, 0.05) is 17.3 Å². The smallest absolute Gasteiger partial charge is 0.271 e. The third kappa shape index (κ3) is 2.41. The number of amides is 1. The molecule has 1 fully saturated rings. The highest BCUT2D eigenvalue weighted by atomic mass is 32.1. The van der Waals surface area contributed by atoms with E-state index in [1.807, 2.05) is 5.38 Å². The molecular formula is C11H17N3OS. The highest BCUT2D eigenvalue weighted by Crippen LogP contribution is 2.31. The molecule has 0 aliphatic heterocycles. The molecule has 88 valence electrons. The van der Waals surface area contributed by atoms with Crippen LogP contribution in [-0.2, 0) is 6.42 Å². The van der Waals surface area contributed by atoms with E-state index in [4.69, 9.17) is 5.73 Å². The quantitative estimate of drug-likeness (QED) is 0.832. The van der Waals surface area contributed by atoms with Crippen molar-refractivity contribution >= 4 is 17.2 Å². The molecule has 1 heterocycles. The normalized spacial score (nSPS) is 17.9. The van der Waals surface area contributed by atoms with Crippen molar-refractivity contribution in [2.24, 2.45) is 5.73 Å². The van der Waals surface area contributed by atoms with Gasteiger partial charge in [0.1, 0.15) is 5.69 Å². The first-order valence-corrected chi connectivity index (χ1v) is 6.48. The molecule has 0 spiro atoms. The molecule has 16 heavy (non-hydrogen) atoms. The summed E-state index contributed by atoms with van der Waals surface area (Å²) in [6, 6.07) is 0. The molecule has 1 amide bonds. The molecule has 1 aromatic rings. The fourth-order valence-electron chi connectivity index (χ4n) is 1.82. The van der Waals surface area contributed by atoms with Gasteiger partial charge in [0.05, 0.1) is 5.01 Å². The fraction of sp³-hybridized carbons (Fsp3) is 0.636. The van der Waals surface area contributed by atoms with Crippen LogP contribution in [0.4, 0.5) is 0 Å². The number of nitrogens with zero attached hydrogens (tertiary/aromatic N) is 1. The van der Waals surface area contributed by atoms with Crippen LogP contribution in [0.2, 0.25) is 0 Å². The van der Waals surface area contributed by atoms with Crippen LogP contribution in [0.3, 0.4) is 0 Å². The molecule has 5 heteroatoms. The number of nitrogens with one attached hydrogen (secondary N) is 1. The predicted octanol–water partition coefficient (Wildman–Crippen LogP) is 1.32. The molecule has 1 aliphatic rings. The SMILES string of the molecule is CC1(NC(=O)c2csc(CCN)n2)CCC1. The van der Waals surface area contributed by atoms with E-state index in [1.54, 1.807) is 0 Å². The number of thiazole rings is 1. The van der Waals surface area contributed by atoms with Gasteiger partial charge in [-0.05, 0) is 32.7 Å². The first kappa shape index (κ1) is 11.5. The zero-order valence-electron chi connectivity index (χ0n) is 9.45. The van der Waals surface area contributed by atoms with Crippen LogP contribution >= 0.6 is 11.3 Å². The van der Waals surface area contributed by atoms with Crippen molar-refractivity contribution in [2.45, 2.75) is 38.1 Å². The molecule has 0 bridgehead atoms. The Labute approximate surface area is 99.3 Å². The number of hydrogen-bond acceptors (Lipinski definition) is 4. The topological polar surface area (TPSA) is 68.0 Å². The van der Waals surface area contributed by atoms with Crippen LogP contribution in [0.1, 0.15) is 41.7 Å². The van der Waals surface area contributed by atoms with Gasteiger partial charge in [0.25, 0.3) is 5.91 Å². The van der Waals surface area contributed by atoms with Gasteiger partial charge in [-0.15, -0.1) is 11.3 Å². The monoisotopic (exact) mass is 239 g/mol. The highest BCUT2D eigenvalue weighted by molar-refractivity contribution is 7.09. The lowest BCUT2D eigenvalue weighted by molar-refractivity contribution is 0.0846. The van der Waals surface area contributed by atoms with E-state index in [9.17, 15) is 4.79 Å². The summed E-state index contributed by atoms with van der Waals surface area (Å²) in [5.41, 5.74) is 5.97. The Morgan fingerprint density at radius 2 is 2.44 bits per heavy atom. The summed E-state index contributed by atoms with van der Waals surface area (Å²) >= 11 is 1.50. The number of aromatic nitrogens is 1. The maximum absolute atomic E-state index is 11.9. The molecular weight excluding hydrogens is 222 g/mol. The molecule has 1 aliphatic carbocycles. The highest BCUT2D eigenvalue weighted by Gasteiger charge is 2.33. The largest absolute Gasteiger partial charge is 0.346 e. The first-order valence-electron chi connectivity index (χ1n) is 5.60. The summed E-state index contributed by atoms with van der Waals surface area (Å²) in [5, 5.41) is 5.78. The summed E-state index contributed by atoms with van der Waals surface area (Å²) in [4.78, 5) is 16.1. The zero-order valence-corrected chi connectivity index (χ0v) is 10.3. The van der Waals surface area contributed by atoms with Gasteiger partial charge in [-0.3, -0.25) is 4.79 Å². The molecule has 2 rings (SSSR count). The van der Waals surface area contributed by atoms with Crippen molar-refractivity contribution in [1.29, 1.82) is 0 Å². The molecule has 0 saturated heterocycles. The number of hydrogen-bond donors (Lipinski definition) is 2. The van der Waals surface area contributed by atoms with Gasteiger partial charge < -0.3 is 11.1 Å². The summed E-state index contributed by atoms with van der Waals surface area (Å²) in [7, 11) is 0. The maximum Gasteiger partial charge on any atom is 0.271 e. The minimum absolute atomic E-state index is 0.00523. The van der Waals surface area contributed by atoms with Crippen LogP contribution < -0.4 is 11.1 Å². The number of carbonyl (C=O) groups is 1. The Hall–Kier alpha value is -0.940. The van der Waals surface area contributed by atoms with Crippen molar-refractivity contribution in [3.63, 3.8) is 0 Å². The molecule has 0 unspecified atom stereocenters. The molecule has 3 N–H and O–H groups in total. The summed E-state index contributed by atoms with van der Waals surface area (Å²) in [6.07, 6.45) is 4.08. The third-order valence-electron chi connectivity index (χ3n) is 3.02. The fourth-order valence-corrected chi connectivity index (χ4v) is 2.62. The van der Waals surface area contributed by atoms with E-state index in [-0.39, 0.29) is 11.4 Å². The molecule has 0 atom stereocenters. The summed E-state index contributed by atoms with van der Waals surface area (Å²) in [5.74, 6) is -0.0540. The van der Waals surface area contributed by atoms with Gasteiger partial charge >= 0.3 is 0 Å². The van der Waals surface area contributed by atoms with Crippen molar-refractivity contribution in [3.8, 4) is 0 Å². The Morgan fingerprint density at radius 3 is 3.00 bits per heavy atom. The average molecular weight is 239 g/mol. The van der Waals surface area contributed by atoms with E-state index >= 15 is 0 Å². The Balaban J connectivity index is 1.97. The predicted molar refractivity (Wildman–Crippen MR) is 64.6 cm³/mol.